The number of fused-ring (bicyclic) bond motifs is 3. The summed E-state index contributed by atoms with van der Waals surface area (Å²) >= 11 is 0. The molecular weight excluding hydrogens is 416 g/mol. The number of phenols is 1. The second-order valence-electron chi connectivity index (χ2n) is 8.62. The van der Waals surface area contributed by atoms with E-state index in [0.717, 1.165) is 61.8 Å². The van der Waals surface area contributed by atoms with Gasteiger partial charge in [-0.2, -0.15) is 0 Å². The Hall–Kier alpha value is -3.72. The van der Waals surface area contributed by atoms with Crippen LogP contribution >= 0.6 is 0 Å². The highest BCUT2D eigenvalue weighted by atomic mass is 16.3. The Labute approximate surface area is 191 Å². The van der Waals surface area contributed by atoms with Crippen LogP contribution in [0.25, 0.3) is 22.3 Å². The van der Waals surface area contributed by atoms with E-state index < -0.39 is 0 Å². The van der Waals surface area contributed by atoms with Crippen molar-refractivity contribution < 1.29 is 5.11 Å². The first-order valence-corrected chi connectivity index (χ1v) is 11.4. The topological polar surface area (TPSA) is 106 Å². The Balaban J connectivity index is 1.33. The molecule has 1 fully saturated rings. The number of benzene rings is 1. The van der Waals surface area contributed by atoms with Crippen molar-refractivity contribution in [3.63, 3.8) is 0 Å². The lowest BCUT2D eigenvalue weighted by atomic mass is 9.97. The average molecular weight is 443 g/mol. The Bertz CT molecular complexity index is 1300. The van der Waals surface area contributed by atoms with Crippen LogP contribution in [0.4, 0.5) is 11.6 Å². The molecule has 0 unspecified atom stereocenters. The van der Waals surface area contributed by atoms with Gasteiger partial charge in [0.2, 0.25) is 5.95 Å². The maximum Gasteiger partial charge on any atom is 0.225 e. The number of aromatic hydroxyl groups is 1. The quantitative estimate of drug-likeness (QED) is 0.445. The van der Waals surface area contributed by atoms with Gasteiger partial charge in [-0.1, -0.05) is 12.1 Å². The first-order chi connectivity index (χ1) is 16.2. The highest BCUT2D eigenvalue weighted by Gasteiger charge is 2.30. The van der Waals surface area contributed by atoms with Gasteiger partial charge >= 0.3 is 0 Å². The van der Waals surface area contributed by atoms with Gasteiger partial charge in [-0.25, -0.2) is 9.97 Å². The lowest BCUT2D eigenvalue weighted by Crippen LogP contribution is -2.43. The molecule has 1 aromatic carbocycles. The molecule has 3 N–H and O–H groups in total. The molecule has 33 heavy (non-hydrogen) atoms. The molecular formula is C24H26N8O. The van der Waals surface area contributed by atoms with E-state index >= 15 is 0 Å². The molecule has 0 radical (unpaired) electrons. The molecule has 9 nitrogen and oxygen atoms in total. The maximum absolute atomic E-state index is 10.3. The Kier molecular flexibility index (Phi) is 4.83. The molecule has 0 spiro atoms. The Morgan fingerprint density at radius 3 is 2.61 bits per heavy atom. The zero-order valence-corrected chi connectivity index (χ0v) is 18.5. The summed E-state index contributed by atoms with van der Waals surface area (Å²) in [4.78, 5) is 17.5. The van der Waals surface area contributed by atoms with Crippen LogP contribution < -0.4 is 15.1 Å². The second kappa shape index (κ2) is 8.00. The molecule has 5 heterocycles. The zero-order valence-electron chi connectivity index (χ0n) is 18.5. The first-order valence-electron chi connectivity index (χ1n) is 11.4. The van der Waals surface area contributed by atoms with Crippen LogP contribution in [0.3, 0.4) is 0 Å². The van der Waals surface area contributed by atoms with Gasteiger partial charge in [-0.15, -0.1) is 10.2 Å². The van der Waals surface area contributed by atoms with E-state index in [1.807, 2.05) is 30.6 Å². The standard InChI is InChI=1S/C24H26N8O/c1-15-22-18-12-20(17-4-2-3-5-21(17)33)29-30-23(18)28-19(22)6-9-32(15)24-26-13-16(14-27-24)31-10-7-25-8-11-31/h2-5,12-15,25,33H,6-11H2,1H3,(H,28,30)/t15-/m0/s1. The number of H-pyrrole nitrogens is 1. The van der Waals surface area contributed by atoms with Gasteiger partial charge in [0.25, 0.3) is 0 Å². The number of aromatic amines is 1. The fourth-order valence-electron chi connectivity index (χ4n) is 4.96. The van der Waals surface area contributed by atoms with Crippen LogP contribution in [0.1, 0.15) is 24.2 Å². The summed E-state index contributed by atoms with van der Waals surface area (Å²) in [6.07, 6.45) is 4.73. The second-order valence-corrected chi connectivity index (χ2v) is 8.62. The van der Waals surface area contributed by atoms with Crippen molar-refractivity contribution in [3.8, 4) is 17.0 Å². The number of para-hydroxylation sites is 1. The van der Waals surface area contributed by atoms with Crippen molar-refractivity contribution in [2.75, 3.05) is 42.5 Å². The third kappa shape index (κ3) is 3.45. The average Bonchev–Trinajstić information content (AvgIpc) is 3.24. The smallest absolute Gasteiger partial charge is 0.225 e. The monoisotopic (exact) mass is 442 g/mol. The zero-order chi connectivity index (χ0) is 22.4. The molecule has 0 amide bonds. The third-order valence-corrected chi connectivity index (χ3v) is 6.71. The first kappa shape index (κ1) is 19.9. The van der Waals surface area contributed by atoms with Gasteiger partial charge in [-0.3, -0.25) is 0 Å². The molecule has 2 aliphatic heterocycles. The molecule has 6 rings (SSSR count). The van der Waals surface area contributed by atoms with Crippen molar-refractivity contribution >= 4 is 22.7 Å². The largest absolute Gasteiger partial charge is 0.507 e. The van der Waals surface area contributed by atoms with Gasteiger partial charge < -0.3 is 25.2 Å². The van der Waals surface area contributed by atoms with Gasteiger partial charge in [0, 0.05) is 61.4 Å². The van der Waals surface area contributed by atoms with E-state index in [-0.39, 0.29) is 11.8 Å². The van der Waals surface area contributed by atoms with Crippen molar-refractivity contribution in [1.82, 2.24) is 30.5 Å². The molecule has 4 aromatic rings. The number of hydrogen-bond acceptors (Lipinski definition) is 8. The Morgan fingerprint density at radius 1 is 1.03 bits per heavy atom. The van der Waals surface area contributed by atoms with Gasteiger partial charge in [0.1, 0.15) is 5.75 Å². The number of piperazine rings is 1. The van der Waals surface area contributed by atoms with Crippen molar-refractivity contribution in [1.29, 1.82) is 0 Å². The summed E-state index contributed by atoms with van der Waals surface area (Å²) in [6, 6.07) is 9.30. The lowest BCUT2D eigenvalue weighted by molar-refractivity contribution is 0.477. The maximum atomic E-state index is 10.3. The van der Waals surface area contributed by atoms with E-state index in [1.165, 1.54) is 11.3 Å². The number of hydrogen-bond donors (Lipinski definition) is 3. The number of anilines is 2. The van der Waals surface area contributed by atoms with E-state index in [0.29, 0.717) is 11.3 Å². The van der Waals surface area contributed by atoms with Crippen LogP contribution in [0.5, 0.6) is 5.75 Å². The molecule has 1 atom stereocenters. The SMILES string of the molecule is C[C@H]1c2c([nH]c3nnc(-c4ccccc4O)cc23)CCN1c1ncc(N2CCNCC2)cn1. The summed E-state index contributed by atoms with van der Waals surface area (Å²) in [7, 11) is 0. The van der Waals surface area contributed by atoms with Crippen LogP contribution in [-0.4, -0.2) is 63.0 Å². The third-order valence-electron chi connectivity index (χ3n) is 6.71. The number of rotatable bonds is 3. The lowest BCUT2D eigenvalue weighted by Gasteiger charge is -2.34. The Morgan fingerprint density at radius 2 is 1.82 bits per heavy atom. The van der Waals surface area contributed by atoms with Crippen molar-refractivity contribution in [3.05, 3.63) is 54.0 Å². The number of phenolic OH excluding ortho intramolecular Hbond substituents is 1. The fraction of sp³-hybridized carbons (Fsp3) is 0.333. The number of nitrogens with one attached hydrogen (secondary N) is 2. The summed E-state index contributed by atoms with van der Waals surface area (Å²) in [5.74, 6) is 0.938. The predicted molar refractivity (Wildman–Crippen MR) is 128 cm³/mol. The van der Waals surface area contributed by atoms with E-state index in [4.69, 9.17) is 9.97 Å². The minimum Gasteiger partial charge on any atom is -0.507 e. The van der Waals surface area contributed by atoms with Crippen molar-refractivity contribution in [2.45, 2.75) is 19.4 Å². The highest BCUT2D eigenvalue weighted by Crippen LogP contribution is 2.38. The van der Waals surface area contributed by atoms with Crippen LogP contribution in [0.15, 0.2) is 42.7 Å². The molecule has 2 aliphatic rings. The number of aromatic nitrogens is 5. The normalized spacial score (nSPS) is 18.5. The molecule has 9 heteroatoms. The van der Waals surface area contributed by atoms with Crippen LogP contribution in [-0.2, 0) is 6.42 Å². The van der Waals surface area contributed by atoms with E-state index in [1.54, 1.807) is 12.1 Å². The van der Waals surface area contributed by atoms with Gasteiger partial charge in [0.15, 0.2) is 5.65 Å². The minimum absolute atomic E-state index is 0.0777. The molecule has 0 bridgehead atoms. The summed E-state index contributed by atoms with van der Waals surface area (Å²) in [5, 5.41) is 23.4. The predicted octanol–water partition coefficient (Wildman–Crippen LogP) is 2.65. The van der Waals surface area contributed by atoms with Crippen molar-refractivity contribution in [2.24, 2.45) is 0 Å². The molecule has 3 aromatic heterocycles. The fourth-order valence-corrected chi connectivity index (χ4v) is 4.96. The number of nitrogens with zero attached hydrogens (tertiary/aromatic N) is 6. The molecule has 168 valence electrons. The molecule has 1 saturated heterocycles. The summed E-state index contributed by atoms with van der Waals surface area (Å²) in [6.45, 7) is 6.93. The van der Waals surface area contributed by atoms with E-state index in [2.05, 4.69) is 37.2 Å². The minimum atomic E-state index is 0.0777. The molecule has 0 saturated carbocycles. The van der Waals surface area contributed by atoms with E-state index in [9.17, 15) is 5.11 Å². The van der Waals surface area contributed by atoms with Crippen LogP contribution in [0, 0.1) is 0 Å². The van der Waals surface area contributed by atoms with Gasteiger partial charge in [0.05, 0.1) is 29.8 Å². The summed E-state index contributed by atoms with van der Waals surface area (Å²) < 4.78 is 0. The highest BCUT2D eigenvalue weighted by molar-refractivity contribution is 5.86. The summed E-state index contributed by atoms with van der Waals surface area (Å²) in [5.41, 5.74) is 5.54. The van der Waals surface area contributed by atoms with Crippen LogP contribution in [0.2, 0.25) is 0 Å². The van der Waals surface area contributed by atoms with Gasteiger partial charge in [-0.05, 0) is 25.1 Å². The molecule has 0 aliphatic carbocycles.